The van der Waals surface area contributed by atoms with Crippen molar-refractivity contribution in [2.75, 3.05) is 0 Å². The zero-order valence-corrected chi connectivity index (χ0v) is 7.80. The Morgan fingerprint density at radius 1 is 1.25 bits per heavy atom. The predicted molar refractivity (Wildman–Crippen MR) is 46.9 cm³/mol. The van der Waals surface area contributed by atoms with Crippen LogP contribution in [0.2, 0.25) is 0 Å². The lowest BCUT2D eigenvalue weighted by Gasteiger charge is -2.07. The lowest BCUT2D eigenvalue weighted by Crippen LogP contribution is -2.27. The van der Waals surface area contributed by atoms with Gasteiger partial charge in [0.15, 0.2) is 0 Å². The third kappa shape index (κ3) is 2.03. The van der Waals surface area contributed by atoms with Crippen molar-refractivity contribution in [1.82, 2.24) is 9.97 Å². The number of rotatable bonds is 0. The lowest BCUT2D eigenvalue weighted by molar-refractivity contribution is 0.976. The van der Waals surface area contributed by atoms with Crippen molar-refractivity contribution >= 4 is 34.8 Å². The van der Waals surface area contributed by atoms with E-state index in [1.807, 2.05) is 4.98 Å². The van der Waals surface area contributed by atoms with E-state index in [0.717, 1.165) is 6.20 Å². The van der Waals surface area contributed by atoms with Gasteiger partial charge in [0.05, 0.1) is 5.56 Å². The number of hydrogen-bond donors (Lipinski definition) is 2. The molecule has 0 aromatic carbocycles. The lowest BCUT2D eigenvalue weighted by atomic mass is 10.4. The van der Waals surface area contributed by atoms with Crippen LogP contribution in [0.4, 0.5) is 0 Å². The van der Waals surface area contributed by atoms with Crippen molar-refractivity contribution in [2.24, 2.45) is 0 Å². The van der Waals surface area contributed by atoms with Gasteiger partial charge in [0, 0.05) is 6.20 Å². The van der Waals surface area contributed by atoms with Crippen molar-refractivity contribution in [3.63, 3.8) is 0 Å². The first kappa shape index (κ1) is 9.64. The van der Waals surface area contributed by atoms with Crippen LogP contribution in [0.5, 0.6) is 0 Å². The summed E-state index contributed by atoms with van der Waals surface area (Å²) in [7, 11) is 0. The third-order valence-electron chi connectivity index (χ3n) is 1.12. The monoisotopic (exact) mass is 228 g/mol. The molecule has 0 saturated carbocycles. The Kier molecular flexibility index (Phi) is 2.51. The smallest absolute Gasteiger partial charge is 0.314 e. The number of halogens is 3. The molecule has 0 spiro atoms. The minimum absolute atomic E-state index is 0.118. The maximum atomic E-state index is 11.0. The standard InChI is InChI=1S/C5H3Cl3N2O2/c6-5(7,8)2-1-9-4(12)10-3(2)11/h1H,(H2,9,10,11,12). The third-order valence-corrected chi connectivity index (χ3v) is 1.74. The summed E-state index contributed by atoms with van der Waals surface area (Å²) < 4.78 is -1.82. The highest BCUT2D eigenvalue weighted by Gasteiger charge is 2.26. The first-order valence-corrected chi connectivity index (χ1v) is 3.94. The Morgan fingerprint density at radius 3 is 2.25 bits per heavy atom. The van der Waals surface area contributed by atoms with Crippen molar-refractivity contribution in [2.45, 2.75) is 3.79 Å². The van der Waals surface area contributed by atoms with Gasteiger partial charge in [-0.3, -0.25) is 9.78 Å². The van der Waals surface area contributed by atoms with E-state index >= 15 is 0 Å². The van der Waals surface area contributed by atoms with Gasteiger partial charge in [-0.25, -0.2) is 4.79 Å². The van der Waals surface area contributed by atoms with Gasteiger partial charge >= 0.3 is 5.69 Å². The number of aromatic amines is 2. The van der Waals surface area contributed by atoms with E-state index in [2.05, 4.69) is 4.98 Å². The van der Waals surface area contributed by atoms with Crippen molar-refractivity contribution in [1.29, 1.82) is 0 Å². The average Bonchev–Trinajstić information content (AvgIpc) is 1.83. The van der Waals surface area contributed by atoms with Gasteiger partial charge in [0.2, 0.25) is 3.79 Å². The zero-order chi connectivity index (χ0) is 9.35. The molecule has 4 nitrogen and oxygen atoms in total. The fourth-order valence-corrected chi connectivity index (χ4v) is 1.04. The molecular weight excluding hydrogens is 226 g/mol. The van der Waals surface area contributed by atoms with Gasteiger partial charge in [-0.05, 0) is 0 Å². The maximum absolute atomic E-state index is 11.0. The zero-order valence-electron chi connectivity index (χ0n) is 5.53. The Balaban J connectivity index is 3.39. The quantitative estimate of drug-likeness (QED) is 0.649. The summed E-state index contributed by atoms with van der Waals surface area (Å²) in [6.45, 7) is 0. The Labute approximate surface area is 81.5 Å². The molecule has 0 radical (unpaired) electrons. The number of nitrogens with one attached hydrogen (secondary N) is 2. The summed E-state index contributed by atoms with van der Waals surface area (Å²) in [6.07, 6.45) is 1.06. The molecule has 1 aromatic rings. The van der Waals surface area contributed by atoms with E-state index in [9.17, 15) is 9.59 Å². The molecule has 2 N–H and O–H groups in total. The second-order valence-electron chi connectivity index (χ2n) is 1.98. The van der Waals surface area contributed by atoms with Crippen LogP contribution in [0.25, 0.3) is 0 Å². The molecule has 0 fully saturated rings. The highest BCUT2D eigenvalue weighted by Crippen LogP contribution is 2.35. The Hall–Kier alpha value is -0.450. The topological polar surface area (TPSA) is 65.7 Å². The van der Waals surface area contributed by atoms with Crippen LogP contribution in [0.15, 0.2) is 15.8 Å². The molecule has 0 unspecified atom stereocenters. The van der Waals surface area contributed by atoms with Gasteiger partial charge in [0.1, 0.15) is 0 Å². The molecule has 0 saturated heterocycles. The minimum atomic E-state index is -1.82. The largest absolute Gasteiger partial charge is 0.325 e. The van der Waals surface area contributed by atoms with Crippen LogP contribution in [-0.2, 0) is 3.79 Å². The molecule has 1 aromatic heterocycles. The molecule has 0 aliphatic rings. The van der Waals surface area contributed by atoms with Crippen molar-refractivity contribution in [3.8, 4) is 0 Å². The number of aromatic nitrogens is 2. The molecular formula is C5H3Cl3N2O2. The predicted octanol–water partition coefficient (Wildman–Crippen LogP) is 0.890. The van der Waals surface area contributed by atoms with E-state index in [1.54, 1.807) is 0 Å². The normalized spacial score (nSPS) is 11.6. The van der Waals surface area contributed by atoms with Crippen molar-refractivity contribution < 1.29 is 0 Å². The van der Waals surface area contributed by atoms with Gasteiger partial charge in [-0.1, -0.05) is 34.8 Å². The molecule has 0 amide bonds. The highest BCUT2D eigenvalue weighted by atomic mass is 35.6. The molecule has 0 atom stereocenters. The van der Waals surface area contributed by atoms with Crippen LogP contribution in [0.3, 0.4) is 0 Å². The van der Waals surface area contributed by atoms with E-state index in [1.165, 1.54) is 0 Å². The summed E-state index contributed by atoms with van der Waals surface area (Å²) in [4.78, 5) is 25.6. The number of hydrogen-bond acceptors (Lipinski definition) is 2. The second kappa shape index (κ2) is 3.12. The summed E-state index contributed by atoms with van der Waals surface area (Å²) in [5.74, 6) is 0. The van der Waals surface area contributed by atoms with Crippen molar-refractivity contribution in [3.05, 3.63) is 32.6 Å². The van der Waals surface area contributed by atoms with Crippen LogP contribution < -0.4 is 11.2 Å². The molecule has 1 heterocycles. The molecule has 12 heavy (non-hydrogen) atoms. The summed E-state index contributed by atoms with van der Waals surface area (Å²) in [5, 5.41) is 0. The van der Waals surface area contributed by atoms with E-state index in [0.29, 0.717) is 0 Å². The number of alkyl halides is 3. The van der Waals surface area contributed by atoms with E-state index < -0.39 is 15.0 Å². The van der Waals surface area contributed by atoms with Gasteiger partial charge < -0.3 is 4.98 Å². The first-order valence-electron chi connectivity index (χ1n) is 2.80. The molecule has 7 heteroatoms. The maximum Gasteiger partial charge on any atom is 0.325 e. The Bertz CT molecular complexity index is 389. The minimum Gasteiger partial charge on any atom is -0.314 e. The fraction of sp³-hybridized carbons (Fsp3) is 0.200. The van der Waals surface area contributed by atoms with Gasteiger partial charge in [0.25, 0.3) is 5.56 Å². The van der Waals surface area contributed by atoms with Crippen LogP contribution in [0.1, 0.15) is 5.56 Å². The highest BCUT2D eigenvalue weighted by molar-refractivity contribution is 6.66. The number of H-pyrrole nitrogens is 2. The molecule has 0 aliphatic carbocycles. The fourth-order valence-electron chi connectivity index (χ4n) is 0.620. The first-order chi connectivity index (χ1) is 5.41. The van der Waals surface area contributed by atoms with Crippen LogP contribution in [-0.4, -0.2) is 9.97 Å². The van der Waals surface area contributed by atoms with E-state index in [4.69, 9.17) is 34.8 Å². The molecule has 0 bridgehead atoms. The molecule has 66 valence electrons. The Morgan fingerprint density at radius 2 is 1.83 bits per heavy atom. The summed E-state index contributed by atoms with van der Waals surface area (Å²) >= 11 is 16.2. The van der Waals surface area contributed by atoms with Gasteiger partial charge in [-0.15, -0.1) is 0 Å². The molecule has 1 rings (SSSR count). The summed E-state index contributed by atoms with van der Waals surface area (Å²) in [6, 6.07) is 0. The van der Waals surface area contributed by atoms with Crippen LogP contribution >= 0.6 is 34.8 Å². The summed E-state index contributed by atoms with van der Waals surface area (Å²) in [5.41, 5.74) is -1.47. The SMILES string of the molecule is O=c1[nH]cc(C(Cl)(Cl)Cl)c(=O)[nH]1. The average molecular weight is 229 g/mol. The van der Waals surface area contributed by atoms with Gasteiger partial charge in [-0.2, -0.15) is 0 Å². The van der Waals surface area contributed by atoms with E-state index in [-0.39, 0.29) is 5.56 Å². The van der Waals surface area contributed by atoms with Crippen LogP contribution in [0, 0.1) is 0 Å². The molecule has 0 aliphatic heterocycles. The second-order valence-corrected chi connectivity index (χ2v) is 4.26.